The van der Waals surface area contributed by atoms with Crippen LogP contribution in [0, 0.1) is 0 Å². The van der Waals surface area contributed by atoms with E-state index in [9.17, 15) is 13.2 Å². The highest BCUT2D eigenvalue weighted by atomic mass is 32.2. The Bertz CT molecular complexity index is 1160. The van der Waals surface area contributed by atoms with Crippen molar-refractivity contribution in [1.82, 2.24) is 4.72 Å². The zero-order valence-electron chi connectivity index (χ0n) is 18.2. The second kappa shape index (κ2) is 10.2. The highest BCUT2D eigenvalue weighted by Gasteiger charge is 2.21. The number of hydrogen-bond acceptors (Lipinski definition) is 5. The predicted octanol–water partition coefficient (Wildman–Crippen LogP) is 4.93. The number of carbonyl (C=O) groups is 1. The third-order valence-electron chi connectivity index (χ3n) is 4.08. The van der Waals surface area contributed by atoms with E-state index in [0.29, 0.717) is 11.4 Å². The zero-order valence-corrected chi connectivity index (χ0v) is 19.8. The van der Waals surface area contributed by atoms with Crippen molar-refractivity contribution >= 4 is 33.4 Å². The highest BCUT2D eigenvalue weighted by molar-refractivity contribution is 7.99. The number of carbonyl (C=O) groups excluding carboxylic acids is 1. The van der Waals surface area contributed by atoms with Gasteiger partial charge in [-0.25, -0.2) is 13.1 Å². The summed E-state index contributed by atoms with van der Waals surface area (Å²) in [4.78, 5) is 14.6. The van der Waals surface area contributed by atoms with Crippen molar-refractivity contribution in [3.05, 3.63) is 78.9 Å². The number of rotatable bonds is 8. The predicted molar refractivity (Wildman–Crippen MR) is 128 cm³/mol. The van der Waals surface area contributed by atoms with E-state index in [-0.39, 0.29) is 17.4 Å². The summed E-state index contributed by atoms with van der Waals surface area (Å²) in [7, 11) is -3.62. The maximum atomic E-state index is 12.4. The first-order valence-corrected chi connectivity index (χ1v) is 12.3. The lowest BCUT2D eigenvalue weighted by Gasteiger charge is -2.20. The van der Waals surface area contributed by atoms with Gasteiger partial charge in [0.15, 0.2) is 6.61 Å². The van der Waals surface area contributed by atoms with Crippen molar-refractivity contribution in [3.63, 3.8) is 0 Å². The maximum absolute atomic E-state index is 12.4. The Hall–Kier alpha value is -2.81. The molecule has 3 rings (SSSR count). The molecular formula is C24H26N2O4S2. The van der Waals surface area contributed by atoms with Gasteiger partial charge >= 0.3 is 0 Å². The first-order chi connectivity index (χ1) is 15.1. The van der Waals surface area contributed by atoms with Crippen molar-refractivity contribution < 1.29 is 17.9 Å². The summed E-state index contributed by atoms with van der Waals surface area (Å²) in [6.07, 6.45) is 0. The van der Waals surface area contributed by atoms with Crippen molar-refractivity contribution in [1.29, 1.82) is 0 Å². The van der Waals surface area contributed by atoms with Crippen LogP contribution in [0.4, 0.5) is 5.69 Å². The quantitative estimate of drug-likeness (QED) is 0.488. The summed E-state index contributed by atoms with van der Waals surface area (Å²) in [5, 5.41) is 2.87. The molecule has 0 aliphatic carbocycles. The molecule has 0 heterocycles. The van der Waals surface area contributed by atoms with Crippen LogP contribution in [0.3, 0.4) is 0 Å². The van der Waals surface area contributed by atoms with E-state index < -0.39 is 15.6 Å². The van der Waals surface area contributed by atoms with Crippen molar-refractivity contribution in [2.75, 3.05) is 11.9 Å². The summed E-state index contributed by atoms with van der Waals surface area (Å²) in [5.41, 5.74) is 0.117. The smallest absolute Gasteiger partial charge is 0.262 e. The molecule has 3 aromatic rings. The average molecular weight is 471 g/mol. The Morgan fingerprint density at radius 2 is 1.53 bits per heavy atom. The van der Waals surface area contributed by atoms with E-state index in [1.165, 1.54) is 24.3 Å². The van der Waals surface area contributed by atoms with Crippen molar-refractivity contribution in [3.8, 4) is 5.75 Å². The van der Waals surface area contributed by atoms with Gasteiger partial charge in [-0.05, 0) is 69.3 Å². The molecule has 1 amide bonds. The number of hydrogen-bond donors (Lipinski definition) is 2. The van der Waals surface area contributed by atoms with Gasteiger partial charge < -0.3 is 10.1 Å². The molecule has 0 fully saturated rings. The molecule has 2 N–H and O–H groups in total. The lowest BCUT2D eigenvalue weighted by molar-refractivity contribution is -0.118. The summed E-state index contributed by atoms with van der Waals surface area (Å²) in [6.45, 7) is 5.13. The van der Waals surface area contributed by atoms with Crippen LogP contribution >= 0.6 is 11.8 Å². The number of benzene rings is 3. The van der Waals surface area contributed by atoms with Crippen LogP contribution in [0.15, 0.2) is 93.5 Å². The Morgan fingerprint density at radius 1 is 0.906 bits per heavy atom. The molecule has 32 heavy (non-hydrogen) atoms. The monoisotopic (exact) mass is 470 g/mol. The van der Waals surface area contributed by atoms with Crippen LogP contribution in [0.25, 0.3) is 0 Å². The van der Waals surface area contributed by atoms with E-state index in [1.54, 1.807) is 32.5 Å². The lowest BCUT2D eigenvalue weighted by atomic mass is 10.1. The van der Waals surface area contributed by atoms with E-state index in [2.05, 4.69) is 10.0 Å². The summed E-state index contributed by atoms with van der Waals surface area (Å²) in [5.74, 6) is 0.0963. The van der Waals surface area contributed by atoms with E-state index in [4.69, 9.17) is 4.74 Å². The maximum Gasteiger partial charge on any atom is 0.262 e. The molecule has 0 aliphatic rings. The Labute approximate surface area is 193 Å². The van der Waals surface area contributed by atoms with Crippen LogP contribution in [-0.4, -0.2) is 26.5 Å². The minimum absolute atomic E-state index is 0.135. The number of sulfonamides is 1. The number of nitrogens with one attached hydrogen (secondary N) is 2. The molecule has 0 bridgehead atoms. The number of amides is 1. The molecule has 0 unspecified atom stereocenters. The molecule has 0 aliphatic heterocycles. The first kappa shape index (κ1) is 23.8. The Balaban J connectivity index is 1.59. The SMILES string of the molecule is CC(C)(C)NS(=O)(=O)c1ccc(OCC(=O)Nc2ccccc2Sc2ccccc2)cc1. The van der Waals surface area contributed by atoms with E-state index in [0.717, 1.165) is 9.79 Å². The van der Waals surface area contributed by atoms with Gasteiger partial charge in [0.1, 0.15) is 5.75 Å². The third-order valence-corrected chi connectivity index (χ3v) is 6.93. The molecule has 0 saturated carbocycles. The van der Waals surface area contributed by atoms with Crippen molar-refractivity contribution in [2.45, 2.75) is 41.0 Å². The number of para-hydroxylation sites is 1. The van der Waals surface area contributed by atoms with Gasteiger partial charge in [-0.15, -0.1) is 0 Å². The van der Waals surface area contributed by atoms with Gasteiger partial charge in [-0.3, -0.25) is 4.79 Å². The van der Waals surface area contributed by atoms with Crippen LogP contribution in [0.2, 0.25) is 0 Å². The summed E-state index contributed by atoms with van der Waals surface area (Å²) in [6, 6.07) is 23.4. The minimum atomic E-state index is -3.62. The van der Waals surface area contributed by atoms with Crippen LogP contribution < -0.4 is 14.8 Å². The second-order valence-corrected chi connectivity index (χ2v) is 10.9. The zero-order chi connectivity index (χ0) is 23.2. The molecule has 0 spiro atoms. The topological polar surface area (TPSA) is 84.5 Å². The molecule has 8 heteroatoms. The van der Waals surface area contributed by atoms with E-state index >= 15 is 0 Å². The van der Waals surface area contributed by atoms with Crippen LogP contribution in [0.1, 0.15) is 20.8 Å². The van der Waals surface area contributed by atoms with Crippen molar-refractivity contribution in [2.24, 2.45) is 0 Å². The van der Waals surface area contributed by atoms with Gasteiger partial charge in [0.2, 0.25) is 10.0 Å². The molecule has 0 aromatic heterocycles. The highest BCUT2D eigenvalue weighted by Crippen LogP contribution is 2.33. The minimum Gasteiger partial charge on any atom is -0.484 e. The normalized spacial score (nSPS) is 11.7. The Morgan fingerprint density at radius 3 is 2.19 bits per heavy atom. The van der Waals surface area contributed by atoms with Gasteiger partial charge in [-0.2, -0.15) is 0 Å². The number of ether oxygens (including phenoxy) is 1. The molecule has 0 atom stereocenters. The first-order valence-electron chi connectivity index (χ1n) is 10.0. The Kier molecular flexibility index (Phi) is 7.60. The molecule has 6 nitrogen and oxygen atoms in total. The molecule has 168 valence electrons. The van der Waals surface area contributed by atoms with Crippen LogP contribution in [0.5, 0.6) is 5.75 Å². The standard InChI is InChI=1S/C24H26N2O4S2/c1-24(2,3)26-32(28,29)20-15-13-18(14-16-20)30-17-23(27)25-21-11-7-8-12-22(21)31-19-9-5-4-6-10-19/h4-16,26H,17H2,1-3H3,(H,25,27). The van der Waals surface area contributed by atoms with E-state index in [1.807, 2.05) is 54.6 Å². The van der Waals surface area contributed by atoms with Gasteiger partial charge in [-0.1, -0.05) is 42.1 Å². The van der Waals surface area contributed by atoms with Gasteiger partial charge in [0, 0.05) is 15.3 Å². The summed E-state index contributed by atoms with van der Waals surface area (Å²) >= 11 is 1.56. The average Bonchev–Trinajstić information content (AvgIpc) is 2.73. The molecule has 0 radical (unpaired) electrons. The fourth-order valence-corrected chi connectivity index (χ4v) is 5.13. The molecule has 3 aromatic carbocycles. The number of anilines is 1. The fraction of sp³-hybridized carbons (Fsp3) is 0.208. The van der Waals surface area contributed by atoms with Gasteiger partial charge in [0.05, 0.1) is 10.6 Å². The van der Waals surface area contributed by atoms with Gasteiger partial charge in [0.25, 0.3) is 5.91 Å². The molecular weight excluding hydrogens is 444 g/mol. The second-order valence-electron chi connectivity index (χ2n) is 8.08. The largest absolute Gasteiger partial charge is 0.484 e. The molecule has 0 saturated heterocycles. The third kappa shape index (κ3) is 7.12. The lowest BCUT2D eigenvalue weighted by Crippen LogP contribution is -2.40. The fourth-order valence-electron chi connectivity index (χ4n) is 2.79. The van der Waals surface area contributed by atoms with Crippen LogP contribution in [-0.2, 0) is 14.8 Å². The summed E-state index contributed by atoms with van der Waals surface area (Å²) < 4.78 is 32.9.